The fraction of sp³-hybridized carbons (Fsp3) is 0.269. The van der Waals surface area contributed by atoms with Gasteiger partial charge in [0.15, 0.2) is 6.61 Å². The van der Waals surface area contributed by atoms with Crippen LogP contribution in [0.4, 0.5) is 5.69 Å². The van der Waals surface area contributed by atoms with Gasteiger partial charge in [-0.05, 0) is 59.7 Å². The summed E-state index contributed by atoms with van der Waals surface area (Å²) in [5.41, 5.74) is 1.33. The smallest absolute Gasteiger partial charge is 0.343 e. The second kappa shape index (κ2) is 11.3. The molecule has 1 aliphatic rings. The fourth-order valence-electron chi connectivity index (χ4n) is 4.27. The summed E-state index contributed by atoms with van der Waals surface area (Å²) < 4.78 is 39.2. The molecule has 10 nitrogen and oxygen atoms in total. The van der Waals surface area contributed by atoms with Gasteiger partial charge in [-0.1, -0.05) is 12.1 Å². The van der Waals surface area contributed by atoms with E-state index in [9.17, 15) is 23.6 Å². The number of nitrogens with zero attached hydrogens (tertiary/aromatic N) is 3. The lowest BCUT2D eigenvalue weighted by Crippen LogP contribution is -2.42. The molecule has 1 fully saturated rings. The molecule has 0 aliphatic carbocycles. The number of esters is 1. The summed E-state index contributed by atoms with van der Waals surface area (Å²) >= 11 is -2.46. The molecule has 3 aromatic carbocycles. The number of fused-ring (bicyclic) bond motifs is 1. The van der Waals surface area contributed by atoms with Crippen LogP contribution in [0, 0.1) is 11.3 Å². The number of ether oxygens (including phenoxy) is 3. The second-order valence-corrected chi connectivity index (χ2v) is 9.17. The zero-order valence-corrected chi connectivity index (χ0v) is 21.1. The molecule has 1 heterocycles. The van der Waals surface area contributed by atoms with Crippen molar-refractivity contribution in [2.45, 2.75) is 19.0 Å². The highest BCUT2D eigenvalue weighted by Crippen LogP contribution is 2.31. The Morgan fingerprint density at radius 2 is 1.95 bits per heavy atom. The van der Waals surface area contributed by atoms with Gasteiger partial charge in [0.2, 0.25) is 5.91 Å². The average Bonchev–Trinajstić information content (AvgIpc) is 3.26. The lowest BCUT2D eigenvalue weighted by Gasteiger charge is -2.26. The first-order valence-electron chi connectivity index (χ1n) is 11.3. The van der Waals surface area contributed by atoms with Crippen LogP contribution in [0.3, 0.4) is 0 Å². The van der Waals surface area contributed by atoms with E-state index in [-0.39, 0.29) is 19.1 Å². The van der Waals surface area contributed by atoms with Crippen molar-refractivity contribution >= 4 is 39.6 Å². The van der Waals surface area contributed by atoms with Gasteiger partial charge in [0.05, 0.1) is 31.5 Å². The van der Waals surface area contributed by atoms with E-state index >= 15 is 0 Å². The van der Waals surface area contributed by atoms with Gasteiger partial charge in [-0.15, -0.1) is 0 Å². The Labute approximate surface area is 216 Å². The number of hydrogen-bond donors (Lipinski definition) is 1. The Balaban J connectivity index is 1.58. The van der Waals surface area contributed by atoms with Crippen molar-refractivity contribution in [3.05, 3.63) is 65.7 Å². The van der Waals surface area contributed by atoms with Crippen LogP contribution in [-0.4, -0.2) is 59.0 Å². The lowest BCUT2D eigenvalue weighted by molar-refractivity contribution is -0.143. The van der Waals surface area contributed by atoms with E-state index in [4.69, 9.17) is 9.47 Å². The number of hydrogen-bond acceptors (Lipinski definition) is 7. The van der Waals surface area contributed by atoms with E-state index in [0.29, 0.717) is 41.3 Å². The highest BCUT2D eigenvalue weighted by molar-refractivity contribution is 7.80. The molecule has 3 aromatic rings. The van der Waals surface area contributed by atoms with Gasteiger partial charge < -0.3 is 19.1 Å². The number of benzene rings is 3. The number of carbonyl (C=O) groups excluding carboxylic acids is 2. The van der Waals surface area contributed by atoms with Gasteiger partial charge in [-0.25, -0.2) is 9.00 Å². The molecule has 1 aliphatic heterocycles. The first-order valence-corrected chi connectivity index (χ1v) is 12.4. The first kappa shape index (κ1) is 25.9. The molecule has 0 aromatic heterocycles. The van der Waals surface area contributed by atoms with E-state index in [1.54, 1.807) is 37.4 Å². The Morgan fingerprint density at radius 1 is 1.16 bits per heavy atom. The van der Waals surface area contributed by atoms with Crippen LogP contribution in [0.25, 0.3) is 10.8 Å². The van der Waals surface area contributed by atoms with Gasteiger partial charge in [0.1, 0.15) is 17.5 Å². The number of methoxy groups -OCH3 is 2. The van der Waals surface area contributed by atoms with E-state index in [2.05, 4.69) is 10.8 Å². The van der Waals surface area contributed by atoms with Crippen LogP contribution in [0.15, 0.2) is 54.6 Å². The average molecular weight is 524 g/mol. The summed E-state index contributed by atoms with van der Waals surface area (Å²) in [6, 6.07) is 16.7. The van der Waals surface area contributed by atoms with Crippen molar-refractivity contribution < 1.29 is 32.6 Å². The minimum absolute atomic E-state index is 0.0994. The topological polar surface area (TPSA) is 129 Å². The maximum Gasteiger partial charge on any atom is 0.343 e. The molecule has 2 atom stereocenters. The van der Waals surface area contributed by atoms with Gasteiger partial charge >= 0.3 is 5.97 Å². The van der Waals surface area contributed by atoms with Crippen molar-refractivity contribution in [2.75, 3.05) is 31.7 Å². The molecular formula is C26H25N3O7S. The SMILES string of the molecule is COC(=O)COc1ccc(C#N)cc1CN1CCC(N(c2ccc3ccc(OC)cc3c2)S(=O)O)C1=O. The molecule has 0 saturated carbocycles. The normalized spacial score (nSPS) is 15.8. The number of carbonyl (C=O) groups is 2. The minimum Gasteiger partial charge on any atom is -0.497 e. The van der Waals surface area contributed by atoms with Crippen molar-refractivity contribution in [3.8, 4) is 17.6 Å². The third-order valence-corrected chi connectivity index (χ3v) is 6.93. The van der Waals surface area contributed by atoms with E-state index < -0.39 is 23.3 Å². The number of amides is 1. The summed E-state index contributed by atoms with van der Waals surface area (Å²) in [4.78, 5) is 26.5. The molecule has 37 heavy (non-hydrogen) atoms. The van der Waals surface area contributed by atoms with Crippen LogP contribution in [-0.2, 0) is 32.1 Å². The molecule has 0 radical (unpaired) electrons. The molecule has 4 rings (SSSR count). The Hall–Kier alpha value is -4.14. The summed E-state index contributed by atoms with van der Waals surface area (Å²) in [7, 11) is 2.81. The molecule has 2 unspecified atom stereocenters. The van der Waals surface area contributed by atoms with Crippen molar-refractivity contribution in [3.63, 3.8) is 0 Å². The molecule has 1 N–H and O–H groups in total. The monoisotopic (exact) mass is 523 g/mol. The van der Waals surface area contributed by atoms with Crippen LogP contribution < -0.4 is 13.8 Å². The maximum atomic E-state index is 13.4. The highest BCUT2D eigenvalue weighted by atomic mass is 32.2. The third-order valence-electron chi connectivity index (χ3n) is 6.13. The number of nitriles is 1. The lowest BCUT2D eigenvalue weighted by atomic mass is 10.1. The van der Waals surface area contributed by atoms with Gasteiger partial charge in [0, 0.05) is 18.7 Å². The predicted molar refractivity (Wildman–Crippen MR) is 136 cm³/mol. The summed E-state index contributed by atoms with van der Waals surface area (Å²) in [6.45, 7) is 0.101. The van der Waals surface area contributed by atoms with Gasteiger partial charge in [0.25, 0.3) is 11.3 Å². The van der Waals surface area contributed by atoms with Gasteiger partial charge in [-0.2, -0.15) is 5.26 Å². The fourth-order valence-corrected chi connectivity index (χ4v) is 4.97. The molecule has 1 amide bonds. The zero-order valence-electron chi connectivity index (χ0n) is 20.2. The molecule has 0 bridgehead atoms. The van der Waals surface area contributed by atoms with Crippen LogP contribution in [0.5, 0.6) is 11.5 Å². The Kier molecular flexibility index (Phi) is 7.91. The third kappa shape index (κ3) is 5.66. The Bertz CT molecular complexity index is 1400. The molecule has 1 saturated heterocycles. The number of anilines is 1. The predicted octanol–water partition coefficient (Wildman–Crippen LogP) is 3.02. The van der Waals surface area contributed by atoms with Crippen molar-refractivity contribution in [1.29, 1.82) is 5.26 Å². The van der Waals surface area contributed by atoms with Gasteiger partial charge in [-0.3, -0.25) is 13.7 Å². The number of likely N-dealkylation sites (tertiary alicyclic amines) is 1. The maximum absolute atomic E-state index is 13.4. The van der Waals surface area contributed by atoms with E-state index in [1.165, 1.54) is 16.3 Å². The van der Waals surface area contributed by atoms with Crippen LogP contribution >= 0.6 is 0 Å². The highest BCUT2D eigenvalue weighted by Gasteiger charge is 2.39. The van der Waals surface area contributed by atoms with Crippen LogP contribution in [0.1, 0.15) is 17.5 Å². The van der Waals surface area contributed by atoms with Crippen molar-refractivity contribution in [1.82, 2.24) is 4.90 Å². The first-order chi connectivity index (χ1) is 17.8. The number of rotatable bonds is 9. The van der Waals surface area contributed by atoms with Crippen LogP contribution in [0.2, 0.25) is 0 Å². The summed E-state index contributed by atoms with van der Waals surface area (Å²) in [5, 5.41) is 11.0. The zero-order chi connectivity index (χ0) is 26.5. The van der Waals surface area contributed by atoms with Crippen molar-refractivity contribution in [2.24, 2.45) is 0 Å². The second-order valence-electron chi connectivity index (χ2n) is 8.32. The quantitative estimate of drug-likeness (QED) is 0.335. The largest absolute Gasteiger partial charge is 0.497 e. The summed E-state index contributed by atoms with van der Waals surface area (Å²) in [5.74, 6) is 0.0806. The Morgan fingerprint density at radius 3 is 2.65 bits per heavy atom. The molecule has 0 spiro atoms. The van der Waals surface area contributed by atoms with E-state index in [1.807, 2.05) is 24.3 Å². The van der Waals surface area contributed by atoms with E-state index in [0.717, 1.165) is 10.8 Å². The molecular weight excluding hydrogens is 498 g/mol. The standard InChI is InChI=1S/C26H25N3O7S/c1-34-22-7-5-18-4-6-21(12-19(18)13-22)29(37(32)33)23-9-10-28(26(23)31)15-20-11-17(14-27)3-8-24(20)36-16-25(30)35-2/h3-8,11-13,23H,9-10,15-16H2,1-2H3,(H,32,33). The summed E-state index contributed by atoms with van der Waals surface area (Å²) in [6.07, 6.45) is 0.317. The molecule has 11 heteroatoms. The minimum atomic E-state index is -2.46. The molecule has 192 valence electrons.